The normalized spacial score (nSPS) is 12.0. The van der Waals surface area contributed by atoms with Crippen molar-refractivity contribution in [2.24, 2.45) is 0 Å². The lowest BCUT2D eigenvalue weighted by Crippen LogP contribution is -2.47. The number of nitriles is 1. The zero-order valence-corrected chi connectivity index (χ0v) is 17.3. The average Bonchev–Trinajstić information content (AvgIpc) is 2.77. The summed E-state index contributed by atoms with van der Waals surface area (Å²) in [5.41, 5.74) is 1.24. The summed E-state index contributed by atoms with van der Waals surface area (Å²) in [7, 11) is -3.97. The molecule has 0 radical (unpaired) electrons. The van der Waals surface area contributed by atoms with Crippen LogP contribution in [0, 0.1) is 11.3 Å². The highest BCUT2D eigenvalue weighted by atomic mass is 32.2. The fraction of sp³-hybridized carbons (Fsp3) is 0.182. The van der Waals surface area contributed by atoms with Gasteiger partial charge in [-0.1, -0.05) is 54.6 Å². The van der Waals surface area contributed by atoms with Crippen LogP contribution in [0.25, 0.3) is 10.9 Å². The van der Waals surface area contributed by atoms with Crippen LogP contribution in [0.2, 0.25) is 0 Å². The highest BCUT2D eigenvalue weighted by molar-refractivity contribution is 7.92. The Hall–Kier alpha value is -3.77. The summed E-state index contributed by atoms with van der Waals surface area (Å²) in [5, 5.41) is 12.8. The van der Waals surface area contributed by atoms with Gasteiger partial charge in [0.2, 0.25) is 5.91 Å². The molecule has 2 amide bonds. The van der Waals surface area contributed by atoms with Crippen LogP contribution in [0.4, 0.5) is 0 Å². The molecular formula is C22H20N4O4S. The maximum atomic E-state index is 12.9. The fourth-order valence-corrected chi connectivity index (χ4v) is 4.60. The third kappa shape index (κ3) is 5.65. The Labute approximate surface area is 179 Å². The summed E-state index contributed by atoms with van der Waals surface area (Å²) in [6, 6.07) is 20.7. The fourth-order valence-electron chi connectivity index (χ4n) is 3.00. The number of fused-ring (bicyclic) bond motifs is 1. The van der Waals surface area contributed by atoms with Gasteiger partial charge in [-0.05, 0) is 17.7 Å². The molecule has 0 saturated carbocycles. The molecule has 158 valence electrons. The zero-order chi connectivity index (χ0) is 22.3. The van der Waals surface area contributed by atoms with E-state index in [4.69, 9.17) is 5.26 Å². The van der Waals surface area contributed by atoms with Crippen molar-refractivity contribution in [1.29, 1.82) is 5.26 Å². The molecule has 9 heteroatoms. The number of aromatic nitrogens is 1. The Bertz CT molecular complexity index is 1240. The van der Waals surface area contributed by atoms with Gasteiger partial charge < -0.3 is 10.6 Å². The van der Waals surface area contributed by atoms with Crippen LogP contribution in [0.15, 0.2) is 66.7 Å². The van der Waals surface area contributed by atoms with Gasteiger partial charge in [-0.25, -0.2) is 13.4 Å². The molecule has 1 unspecified atom stereocenters. The van der Waals surface area contributed by atoms with Crippen molar-refractivity contribution >= 4 is 32.6 Å². The van der Waals surface area contributed by atoms with E-state index >= 15 is 0 Å². The number of nitrogens with one attached hydrogen (secondary N) is 2. The van der Waals surface area contributed by atoms with Crippen LogP contribution < -0.4 is 10.6 Å². The number of rotatable bonds is 8. The first-order valence-electron chi connectivity index (χ1n) is 9.45. The molecule has 0 bridgehead atoms. The first-order chi connectivity index (χ1) is 14.9. The molecule has 31 heavy (non-hydrogen) atoms. The number of para-hydroxylation sites is 1. The van der Waals surface area contributed by atoms with Crippen molar-refractivity contribution in [3.63, 3.8) is 0 Å². The second-order valence-electron chi connectivity index (χ2n) is 6.76. The predicted octanol–water partition coefficient (Wildman–Crippen LogP) is 1.59. The number of benzene rings is 2. The minimum absolute atomic E-state index is 0.107. The minimum atomic E-state index is -3.97. The Morgan fingerprint density at radius 1 is 0.968 bits per heavy atom. The first kappa shape index (κ1) is 21.9. The van der Waals surface area contributed by atoms with Gasteiger partial charge in [0.25, 0.3) is 5.91 Å². The highest BCUT2D eigenvalue weighted by Crippen LogP contribution is 2.13. The Kier molecular flexibility index (Phi) is 6.95. The van der Waals surface area contributed by atoms with Gasteiger partial charge >= 0.3 is 0 Å². The molecule has 0 aliphatic rings. The number of sulfone groups is 1. The summed E-state index contributed by atoms with van der Waals surface area (Å²) in [5.74, 6) is -1.81. The molecule has 8 nitrogen and oxygen atoms in total. The molecule has 0 aliphatic carbocycles. The topological polar surface area (TPSA) is 129 Å². The number of carbonyl (C=O) groups excluding carboxylic acids is 2. The van der Waals surface area contributed by atoms with Crippen molar-refractivity contribution in [1.82, 2.24) is 15.6 Å². The summed E-state index contributed by atoms with van der Waals surface area (Å²) in [4.78, 5) is 29.3. The van der Waals surface area contributed by atoms with Gasteiger partial charge in [0, 0.05) is 11.9 Å². The van der Waals surface area contributed by atoms with Crippen LogP contribution in [-0.2, 0) is 20.4 Å². The largest absolute Gasteiger partial charge is 0.349 e. The lowest BCUT2D eigenvalue weighted by Gasteiger charge is -2.17. The summed E-state index contributed by atoms with van der Waals surface area (Å²) in [6.45, 7) is -0.782. The lowest BCUT2D eigenvalue weighted by molar-refractivity contribution is -0.120. The Morgan fingerprint density at radius 2 is 1.68 bits per heavy atom. The number of nitrogens with zero attached hydrogens (tertiary/aromatic N) is 2. The molecule has 0 saturated heterocycles. The monoisotopic (exact) mass is 436 g/mol. The van der Waals surface area contributed by atoms with Crippen LogP contribution >= 0.6 is 0 Å². The quantitative estimate of drug-likeness (QED) is 0.516. The van der Waals surface area contributed by atoms with Crippen LogP contribution in [0.1, 0.15) is 16.1 Å². The summed E-state index contributed by atoms with van der Waals surface area (Å²) >= 11 is 0. The van der Waals surface area contributed by atoms with E-state index in [1.54, 1.807) is 54.6 Å². The van der Waals surface area contributed by atoms with E-state index < -0.39 is 33.4 Å². The molecule has 0 aliphatic heterocycles. The van der Waals surface area contributed by atoms with E-state index in [0.717, 1.165) is 5.39 Å². The number of hydrogen-bond donors (Lipinski definition) is 2. The molecule has 0 fully saturated rings. The van der Waals surface area contributed by atoms with E-state index in [-0.39, 0.29) is 18.0 Å². The highest BCUT2D eigenvalue weighted by Gasteiger charge is 2.33. The molecular weight excluding hydrogens is 416 g/mol. The molecule has 1 atom stereocenters. The number of carbonyl (C=O) groups is 2. The second kappa shape index (κ2) is 9.82. The van der Waals surface area contributed by atoms with Crippen LogP contribution in [-0.4, -0.2) is 43.6 Å². The third-order valence-electron chi connectivity index (χ3n) is 4.56. The molecule has 2 aromatic carbocycles. The van der Waals surface area contributed by atoms with E-state index in [0.29, 0.717) is 11.1 Å². The molecule has 1 aromatic heterocycles. The average molecular weight is 436 g/mol. The van der Waals surface area contributed by atoms with Gasteiger partial charge in [-0.15, -0.1) is 0 Å². The van der Waals surface area contributed by atoms with Gasteiger partial charge in [0.05, 0.1) is 17.3 Å². The van der Waals surface area contributed by atoms with E-state index in [2.05, 4.69) is 15.6 Å². The molecule has 2 N–H and O–H groups in total. The standard InChI is InChI=1S/C22H20N4O4S/c23-12-13-24-22(28)20(31(29,30)15-16-6-2-1-3-7-16)14-25-21(27)19-11-10-17-8-4-5-9-18(17)26-19/h1-11,20H,13-15H2,(H,24,28)(H,25,27). The van der Waals surface area contributed by atoms with Crippen molar-refractivity contribution in [3.8, 4) is 6.07 Å². The van der Waals surface area contributed by atoms with Gasteiger partial charge in [-0.2, -0.15) is 5.26 Å². The van der Waals surface area contributed by atoms with Gasteiger partial charge in [-0.3, -0.25) is 9.59 Å². The van der Waals surface area contributed by atoms with E-state index in [9.17, 15) is 18.0 Å². The Morgan fingerprint density at radius 3 is 2.42 bits per heavy atom. The van der Waals surface area contributed by atoms with Gasteiger partial charge in [0.15, 0.2) is 15.1 Å². The minimum Gasteiger partial charge on any atom is -0.349 e. The first-order valence-corrected chi connectivity index (χ1v) is 11.2. The van der Waals surface area contributed by atoms with Crippen molar-refractivity contribution in [3.05, 3.63) is 78.0 Å². The maximum Gasteiger partial charge on any atom is 0.269 e. The molecule has 0 spiro atoms. The van der Waals surface area contributed by atoms with Crippen LogP contribution in [0.3, 0.4) is 0 Å². The predicted molar refractivity (Wildman–Crippen MR) is 116 cm³/mol. The number of hydrogen-bond acceptors (Lipinski definition) is 6. The van der Waals surface area contributed by atoms with Crippen LogP contribution in [0.5, 0.6) is 0 Å². The summed E-state index contributed by atoms with van der Waals surface area (Å²) < 4.78 is 25.8. The number of pyridine rings is 1. The van der Waals surface area contributed by atoms with Crippen molar-refractivity contribution < 1.29 is 18.0 Å². The molecule has 3 aromatic rings. The lowest BCUT2D eigenvalue weighted by atomic mass is 10.2. The van der Waals surface area contributed by atoms with E-state index in [1.165, 1.54) is 6.07 Å². The molecule has 1 heterocycles. The Balaban J connectivity index is 1.78. The number of amides is 2. The van der Waals surface area contributed by atoms with Crippen molar-refractivity contribution in [2.45, 2.75) is 11.0 Å². The maximum absolute atomic E-state index is 12.9. The second-order valence-corrected chi connectivity index (χ2v) is 8.94. The SMILES string of the molecule is N#CCNC(=O)C(CNC(=O)c1ccc2ccccc2n1)S(=O)(=O)Cc1ccccc1. The zero-order valence-electron chi connectivity index (χ0n) is 16.5. The van der Waals surface area contributed by atoms with Crippen molar-refractivity contribution in [2.75, 3.05) is 13.1 Å². The summed E-state index contributed by atoms with van der Waals surface area (Å²) in [6.07, 6.45) is 0. The smallest absolute Gasteiger partial charge is 0.269 e. The third-order valence-corrected chi connectivity index (χ3v) is 6.54. The molecule has 3 rings (SSSR count). The van der Waals surface area contributed by atoms with E-state index in [1.807, 2.05) is 12.1 Å². The van der Waals surface area contributed by atoms with Gasteiger partial charge in [0.1, 0.15) is 12.2 Å².